The van der Waals surface area contributed by atoms with Crippen LogP contribution in [0.2, 0.25) is 5.02 Å². The number of carbonyl (C=O) groups is 3. The number of amides is 4. The van der Waals surface area contributed by atoms with Crippen LogP contribution in [-0.2, 0) is 16.0 Å². The molecule has 1 fully saturated rings. The maximum atomic E-state index is 13.1. The van der Waals surface area contributed by atoms with Crippen molar-refractivity contribution in [3.63, 3.8) is 0 Å². The van der Waals surface area contributed by atoms with Crippen molar-refractivity contribution in [1.82, 2.24) is 5.32 Å². The molecular formula is C26H21ClN2O4. The highest BCUT2D eigenvalue weighted by Crippen LogP contribution is 2.28. The topological polar surface area (TPSA) is 75.7 Å². The van der Waals surface area contributed by atoms with Crippen molar-refractivity contribution in [1.29, 1.82) is 0 Å². The molecule has 0 bridgehead atoms. The first kappa shape index (κ1) is 22.3. The number of hydrogen-bond donors (Lipinski definition) is 1. The zero-order valence-electron chi connectivity index (χ0n) is 18.1. The number of barbiturate groups is 1. The Hall–Kier alpha value is -3.90. The van der Waals surface area contributed by atoms with Gasteiger partial charge in [0.1, 0.15) is 11.3 Å². The SMILES string of the molecule is COc1cc(/C=C2\C(=O)NC(=O)N(c3cccc(C)c3)C2=O)ccc1Cc1ccccc1Cl. The van der Waals surface area contributed by atoms with Gasteiger partial charge in [-0.2, -0.15) is 0 Å². The highest BCUT2D eigenvalue weighted by Gasteiger charge is 2.36. The summed E-state index contributed by atoms with van der Waals surface area (Å²) in [5.41, 5.74) is 3.59. The van der Waals surface area contributed by atoms with E-state index in [1.54, 1.807) is 37.4 Å². The quantitative estimate of drug-likeness (QED) is 0.433. The number of nitrogens with one attached hydrogen (secondary N) is 1. The number of urea groups is 1. The summed E-state index contributed by atoms with van der Waals surface area (Å²) >= 11 is 6.28. The van der Waals surface area contributed by atoms with Gasteiger partial charge in [-0.05, 0) is 59.5 Å². The highest BCUT2D eigenvalue weighted by molar-refractivity contribution is 6.39. The van der Waals surface area contributed by atoms with Crippen LogP contribution in [0.5, 0.6) is 5.75 Å². The second-order valence-corrected chi connectivity index (χ2v) is 8.04. The fourth-order valence-corrected chi connectivity index (χ4v) is 3.87. The number of nitrogens with zero attached hydrogens (tertiary/aromatic N) is 1. The molecule has 6 nitrogen and oxygen atoms in total. The van der Waals surface area contributed by atoms with Gasteiger partial charge in [-0.1, -0.05) is 54.1 Å². The van der Waals surface area contributed by atoms with Gasteiger partial charge in [-0.25, -0.2) is 9.69 Å². The van der Waals surface area contributed by atoms with Crippen LogP contribution >= 0.6 is 11.6 Å². The van der Waals surface area contributed by atoms with E-state index in [0.29, 0.717) is 28.4 Å². The van der Waals surface area contributed by atoms with E-state index in [-0.39, 0.29) is 5.57 Å². The van der Waals surface area contributed by atoms with Crippen LogP contribution in [0, 0.1) is 6.92 Å². The van der Waals surface area contributed by atoms with Gasteiger partial charge in [0.25, 0.3) is 11.8 Å². The van der Waals surface area contributed by atoms with Crippen molar-refractivity contribution in [2.24, 2.45) is 0 Å². The summed E-state index contributed by atoms with van der Waals surface area (Å²) < 4.78 is 5.54. The van der Waals surface area contributed by atoms with E-state index < -0.39 is 17.8 Å². The maximum absolute atomic E-state index is 13.1. The van der Waals surface area contributed by atoms with E-state index in [4.69, 9.17) is 16.3 Å². The third kappa shape index (κ3) is 4.66. The number of hydrogen-bond acceptors (Lipinski definition) is 4. The fourth-order valence-electron chi connectivity index (χ4n) is 3.67. The molecule has 3 aromatic rings. The molecule has 7 heteroatoms. The summed E-state index contributed by atoms with van der Waals surface area (Å²) in [6.45, 7) is 1.86. The van der Waals surface area contributed by atoms with Gasteiger partial charge in [0, 0.05) is 11.4 Å². The predicted octanol–water partition coefficient (Wildman–Crippen LogP) is 4.91. The molecule has 0 aliphatic carbocycles. The molecule has 33 heavy (non-hydrogen) atoms. The summed E-state index contributed by atoms with van der Waals surface area (Å²) in [6, 6.07) is 19.1. The number of anilines is 1. The number of aryl methyl sites for hydroxylation is 1. The first-order valence-corrected chi connectivity index (χ1v) is 10.6. The second kappa shape index (κ2) is 9.30. The predicted molar refractivity (Wildman–Crippen MR) is 127 cm³/mol. The number of imide groups is 2. The molecule has 0 spiro atoms. The van der Waals surface area contributed by atoms with Crippen LogP contribution in [0.25, 0.3) is 6.08 Å². The Balaban J connectivity index is 1.67. The monoisotopic (exact) mass is 460 g/mol. The zero-order chi connectivity index (χ0) is 23.5. The lowest BCUT2D eigenvalue weighted by atomic mass is 10.0. The summed E-state index contributed by atoms with van der Waals surface area (Å²) in [5.74, 6) is -0.832. The summed E-state index contributed by atoms with van der Waals surface area (Å²) in [5, 5.41) is 2.90. The molecule has 1 heterocycles. The molecule has 0 saturated carbocycles. The number of halogens is 1. The van der Waals surface area contributed by atoms with Crippen LogP contribution in [0.1, 0.15) is 22.3 Å². The van der Waals surface area contributed by atoms with Gasteiger partial charge in [0.15, 0.2) is 0 Å². The molecule has 166 valence electrons. The number of benzene rings is 3. The maximum Gasteiger partial charge on any atom is 0.335 e. The molecule has 4 rings (SSSR count). The molecule has 1 N–H and O–H groups in total. The van der Waals surface area contributed by atoms with Crippen LogP contribution in [0.3, 0.4) is 0 Å². The molecule has 0 atom stereocenters. The second-order valence-electron chi connectivity index (χ2n) is 7.64. The Morgan fingerprint density at radius 1 is 0.970 bits per heavy atom. The lowest BCUT2D eigenvalue weighted by Gasteiger charge is -2.26. The molecule has 1 aliphatic heterocycles. The largest absolute Gasteiger partial charge is 0.496 e. The van der Waals surface area contributed by atoms with E-state index in [1.165, 1.54) is 6.08 Å². The minimum atomic E-state index is -0.777. The van der Waals surface area contributed by atoms with Crippen molar-refractivity contribution in [2.75, 3.05) is 12.0 Å². The summed E-state index contributed by atoms with van der Waals surface area (Å²) in [7, 11) is 1.55. The fraction of sp³-hybridized carbons (Fsp3) is 0.115. The van der Waals surface area contributed by atoms with E-state index >= 15 is 0 Å². The van der Waals surface area contributed by atoms with Crippen molar-refractivity contribution < 1.29 is 19.1 Å². The van der Waals surface area contributed by atoms with Gasteiger partial charge in [0.05, 0.1) is 12.8 Å². The average molecular weight is 461 g/mol. The number of ether oxygens (including phenoxy) is 1. The molecule has 0 unspecified atom stereocenters. The molecule has 3 aromatic carbocycles. The molecule has 1 aliphatic rings. The molecular weight excluding hydrogens is 440 g/mol. The van der Waals surface area contributed by atoms with Gasteiger partial charge >= 0.3 is 6.03 Å². The normalized spacial score (nSPS) is 15.1. The molecule has 4 amide bonds. The Morgan fingerprint density at radius 2 is 1.76 bits per heavy atom. The van der Waals surface area contributed by atoms with Gasteiger partial charge in [-0.15, -0.1) is 0 Å². The Kier molecular flexibility index (Phi) is 6.29. The van der Waals surface area contributed by atoms with E-state index in [0.717, 1.165) is 21.6 Å². The average Bonchev–Trinajstić information content (AvgIpc) is 2.79. The number of rotatable bonds is 5. The minimum Gasteiger partial charge on any atom is -0.496 e. The Labute approximate surface area is 196 Å². The third-order valence-electron chi connectivity index (χ3n) is 5.32. The zero-order valence-corrected chi connectivity index (χ0v) is 18.8. The van der Waals surface area contributed by atoms with Crippen molar-refractivity contribution in [3.05, 3.63) is 99.6 Å². The van der Waals surface area contributed by atoms with Crippen molar-refractivity contribution in [2.45, 2.75) is 13.3 Å². The van der Waals surface area contributed by atoms with Crippen LogP contribution in [0.15, 0.2) is 72.3 Å². The smallest absolute Gasteiger partial charge is 0.335 e. The first-order chi connectivity index (χ1) is 15.9. The lowest BCUT2D eigenvalue weighted by molar-refractivity contribution is -0.122. The Bertz CT molecular complexity index is 1300. The van der Waals surface area contributed by atoms with Crippen LogP contribution in [-0.4, -0.2) is 25.0 Å². The van der Waals surface area contributed by atoms with Crippen molar-refractivity contribution >= 4 is 41.2 Å². The van der Waals surface area contributed by atoms with E-state index in [1.807, 2.05) is 43.3 Å². The molecule has 0 aromatic heterocycles. The highest BCUT2D eigenvalue weighted by atomic mass is 35.5. The van der Waals surface area contributed by atoms with E-state index in [2.05, 4.69) is 5.32 Å². The lowest BCUT2D eigenvalue weighted by Crippen LogP contribution is -2.54. The Morgan fingerprint density at radius 3 is 2.48 bits per heavy atom. The van der Waals surface area contributed by atoms with Crippen molar-refractivity contribution in [3.8, 4) is 5.75 Å². The first-order valence-electron chi connectivity index (χ1n) is 10.3. The van der Waals surface area contributed by atoms with Gasteiger partial charge in [0.2, 0.25) is 0 Å². The third-order valence-corrected chi connectivity index (χ3v) is 5.69. The minimum absolute atomic E-state index is 0.142. The van der Waals surface area contributed by atoms with Crippen LogP contribution < -0.4 is 15.0 Å². The van der Waals surface area contributed by atoms with Crippen LogP contribution in [0.4, 0.5) is 10.5 Å². The van der Waals surface area contributed by atoms with Gasteiger partial charge in [-0.3, -0.25) is 14.9 Å². The van der Waals surface area contributed by atoms with E-state index in [9.17, 15) is 14.4 Å². The summed E-state index contributed by atoms with van der Waals surface area (Å²) in [6.07, 6.45) is 2.02. The number of methoxy groups -OCH3 is 1. The summed E-state index contributed by atoms with van der Waals surface area (Å²) in [4.78, 5) is 38.9. The van der Waals surface area contributed by atoms with Gasteiger partial charge < -0.3 is 4.74 Å². The molecule has 1 saturated heterocycles. The molecule has 0 radical (unpaired) electrons. The number of carbonyl (C=O) groups excluding carboxylic acids is 3. The standard InChI is InChI=1S/C26H21ClN2O4/c1-16-6-5-8-20(12-16)29-25(31)21(24(30)28-26(29)32)13-17-10-11-19(23(14-17)33-2)15-18-7-3-4-9-22(18)27/h3-14H,15H2,1-2H3,(H,28,30,32)/b21-13+.